The second-order valence-corrected chi connectivity index (χ2v) is 10.9. The van der Waals surface area contributed by atoms with Gasteiger partial charge in [0.15, 0.2) is 0 Å². The Kier molecular flexibility index (Phi) is 17.8. The Balaban J connectivity index is 0.00000588. The van der Waals surface area contributed by atoms with E-state index >= 15 is 0 Å². The second kappa shape index (κ2) is 18.3. The third kappa shape index (κ3) is 11.4. The van der Waals surface area contributed by atoms with Crippen LogP contribution in [0.3, 0.4) is 0 Å². The maximum Gasteiger partial charge on any atom is 0.252 e. The molecule has 3 aromatic carbocycles. The molecule has 9 nitrogen and oxygen atoms in total. The van der Waals surface area contributed by atoms with Crippen molar-refractivity contribution >= 4 is 51.0 Å². The molecule has 0 heterocycles. The number of ketones is 1. The average Bonchev–Trinajstić information content (AvgIpc) is 2.89. The van der Waals surface area contributed by atoms with E-state index in [9.17, 15) is 24.0 Å². The monoisotopic (exact) mass is 812 g/mol. The first-order valence-electron chi connectivity index (χ1n) is 13.2. The van der Waals surface area contributed by atoms with Crippen LogP contribution in [0.1, 0.15) is 51.9 Å². The van der Waals surface area contributed by atoms with Crippen LogP contribution >= 0.6 is 0 Å². The van der Waals surface area contributed by atoms with Crippen LogP contribution < -0.4 is 21.3 Å². The van der Waals surface area contributed by atoms with Crippen molar-refractivity contribution in [3.63, 3.8) is 0 Å². The number of amides is 4. The van der Waals surface area contributed by atoms with E-state index in [1.54, 1.807) is 39.8 Å². The Morgan fingerprint density at radius 3 is 1.79 bits per heavy atom. The zero-order valence-electron chi connectivity index (χ0n) is 25.5. The summed E-state index contributed by atoms with van der Waals surface area (Å²) < 4.78 is 0. The molecule has 3 atom stereocenters. The van der Waals surface area contributed by atoms with E-state index in [1.807, 2.05) is 36.4 Å². The zero-order chi connectivity index (χ0) is 29.8. The number of rotatable bonds is 10. The van der Waals surface area contributed by atoms with Crippen LogP contribution in [0.4, 0.5) is 0 Å². The van der Waals surface area contributed by atoms with Gasteiger partial charge in [-0.2, -0.15) is 0 Å². The van der Waals surface area contributed by atoms with Gasteiger partial charge in [0.1, 0.15) is 23.4 Å². The first kappa shape index (κ1) is 42.0. The summed E-state index contributed by atoms with van der Waals surface area (Å²) >= 11 is 0. The quantitative estimate of drug-likeness (QED) is 0.185. The standard InChI is InChI=1S/C31H37N4O5.3Y/c1-17(2)26(29(39)32-18(3)20(5)36)34-27(37)19(4)33-30(40)31(6,7)35-28(38)24-13-12-23-14-21-10-8-9-11-22(21)15-25(23)16-24;;;/h8-19,26H,3H2,1-2,4-7H3,(H,32,39)(H,33,40)(H,34,37)(H,35,38);;;/q-1;;;. The van der Waals surface area contributed by atoms with Crippen LogP contribution in [0.5, 0.6) is 0 Å². The van der Waals surface area contributed by atoms with Gasteiger partial charge in [-0.25, -0.2) is 0 Å². The van der Waals surface area contributed by atoms with Crippen LogP contribution in [0, 0.1) is 12.8 Å². The Bertz CT molecular complexity index is 1480. The van der Waals surface area contributed by atoms with Gasteiger partial charge >= 0.3 is 0 Å². The Hall–Kier alpha value is -0.958. The minimum Gasteiger partial charge on any atom is -0.374 e. The number of nitrogens with one attached hydrogen (secondary N) is 4. The van der Waals surface area contributed by atoms with Gasteiger partial charge in [0, 0.05) is 104 Å². The predicted octanol–water partition coefficient (Wildman–Crippen LogP) is 3.05. The van der Waals surface area contributed by atoms with E-state index in [0.29, 0.717) is 5.56 Å². The molecule has 0 aromatic heterocycles. The molecule has 4 amide bonds. The van der Waals surface area contributed by atoms with Gasteiger partial charge in [0.05, 0.1) is 0 Å². The van der Waals surface area contributed by atoms with Gasteiger partial charge in [-0.05, 0) is 85.5 Å². The van der Waals surface area contributed by atoms with Crippen molar-refractivity contribution in [2.24, 2.45) is 5.92 Å². The number of carbonyl (C=O) groups is 5. The van der Waals surface area contributed by atoms with Crippen LogP contribution in [0.15, 0.2) is 54.6 Å². The molecule has 0 spiro atoms. The molecule has 4 N–H and O–H groups in total. The molecule has 3 radical (unpaired) electrons. The maximum absolute atomic E-state index is 13.1. The summed E-state index contributed by atoms with van der Waals surface area (Å²) in [7, 11) is 0. The van der Waals surface area contributed by atoms with E-state index in [2.05, 4.69) is 34.3 Å². The third-order valence-corrected chi connectivity index (χ3v) is 6.76. The molecule has 3 rings (SSSR count). The fraction of sp³-hybridized carbons (Fsp3) is 0.355. The van der Waals surface area contributed by atoms with E-state index in [0.717, 1.165) is 21.5 Å². The first-order chi connectivity index (χ1) is 18.7. The van der Waals surface area contributed by atoms with Crippen LogP contribution in [-0.4, -0.2) is 53.1 Å². The fourth-order valence-electron chi connectivity index (χ4n) is 4.11. The summed E-state index contributed by atoms with van der Waals surface area (Å²) in [5.74, 6) is -2.75. The number of benzene rings is 3. The second-order valence-electron chi connectivity index (χ2n) is 10.9. The minimum atomic E-state index is -1.35. The number of carbonyl (C=O) groups excluding carboxylic acids is 5. The van der Waals surface area contributed by atoms with E-state index in [-0.39, 0.29) is 110 Å². The number of Topliss-reactive ketones (excluding diaryl/α,β-unsaturated/α-hetero) is 1. The van der Waals surface area contributed by atoms with E-state index in [1.165, 1.54) is 13.8 Å². The summed E-state index contributed by atoms with van der Waals surface area (Å²) in [6, 6.07) is 14.5. The number of hydrogen-bond donors (Lipinski definition) is 4. The molecule has 0 saturated heterocycles. The molecule has 0 fully saturated rings. The van der Waals surface area contributed by atoms with Crippen molar-refractivity contribution < 1.29 is 122 Å². The molecule has 0 aliphatic heterocycles. The minimum absolute atomic E-state index is 0. The zero-order valence-corrected chi connectivity index (χ0v) is 34.0. The van der Waals surface area contributed by atoms with Crippen molar-refractivity contribution in [3.05, 3.63) is 67.1 Å². The van der Waals surface area contributed by atoms with Crippen molar-refractivity contribution in [2.45, 2.75) is 65.2 Å². The molecule has 12 heteroatoms. The molecule has 221 valence electrons. The summed E-state index contributed by atoms with van der Waals surface area (Å²) in [6.45, 7) is 12.9. The molecule has 3 unspecified atom stereocenters. The van der Waals surface area contributed by atoms with Crippen molar-refractivity contribution in [2.75, 3.05) is 0 Å². The van der Waals surface area contributed by atoms with E-state index in [4.69, 9.17) is 0 Å². The van der Waals surface area contributed by atoms with Crippen LogP contribution in [-0.2, 0) is 117 Å². The van der Waals surface area contributed by atoms with Crippen molar-refractivity contribution in [3.8, 4) is 0 Å². The van der Waals surface area contributed by atoms with Crippen LogP contribution in [0.2, 0.25) is 0 Å². The van der Waals surface area contributed by atoms with Crippen LogP contribution in [0.25, 0.3) is 21.5 Å². The molecule has 3 aromatic rings. The summed E-state index contributed by atoms with van der Waals surface area (Å²) in [6.07, 6.45) is 0. The number of hydrogen-bond acceptors (Lipinski definition) is 5. The van der Waals surface area contributed by atoms with Gasteiger partial charge in [-0.3, -0.25) is 19.2 Å². The number of fused-ring (bicyclic) bond motifs is 2. The topological polar surface area (TPSA) is 133 Å². The summed E-state index contributed by atoms with van der Waals surface area (Å²) in [5.41, 5.74) is -0.948. The SMILES string of the molecule is [CH2-]C(NC(=O)C(NC(=O)C(C)NC(=O)C(C)(C)NC(=O)c1ccc2cc3ccccc3cc2c1)C(C)C)C(C)=O.[Y].[Y].[Y]. The molecule has 0 bridgehead atoms. The molecule has 43 heavy (non-hydrogen) atoms. The molecule has 0 saturated carbocycles. The van der Waals surface area contributed by atoms with Gasteiger partial charge in [-0.1, -0.05) is 44.2 Å². The van der Waals surface area contributed by atoms with Gasteiger partial charge < -0.3 is 33.0 Å². The van der Waals surface area contributed by atoms with Crippen molar-refractivity contribution in [1.29, 1.82) is 0 Å². The fourth-order valence-corrected chi connectivity index (χ4v) is 4.11. The van der Waals surface area contributed by atoms with Gasteiger partial charge in [-0.15, -0.1) is 0 Å². The Morgan fingerprint density at radius 2 is 1.26 bits per heavy atom. The van der Waals surface area contributed by atoms with Crippen molar-refractivity contribution in [1.82, 2.24) is 21.3 Å². The average molecular weight is 812 g/mol. The molecular weight excluding hydrogens is 775 g/mol. The molecule has 0 aliphatic rings. The third-order valence-electron chi connectivity index (χ3n) is 6.76. The normalized spacial score (nSPS) is 12.8. The molecule has 0 aliphatic carbocycles. The summed E-state index contributed by atoms with van der Waals surface area (Å²) in [4.78, 5) is 63.0. The van der Waals surface area contributed by atoms with Gasteiger partial charge in [0.25, 0.3) is 5.91 Å². The van der Waals surface area contributed by atoms with E-state index < -0.39 is 47.3 Å². The Morgan fingerprint density at radius 1 is 0.721 bits per heavy atom. The molecular formula is C31H37N4O5Y3-. The Labute approximate surface area is 328 Å². The maximum atomic E-state index is 13.1. The smallest absolute Gasteiger partial charge is 0.252 e. The summed E-state index contributed by atoms with van der Waals surface area (Å²) in [5, 5.41) is 14.5. The predicted molar refractivity (Wildman–Crippen MR) is 155 cm³/mol. The van der Waals surface area contributed by atoms with Gasteiger partial charge in [0.2, 0.25) is 17.7 Å². The largest absolute Gasteiger partial charge is 0.374 e. The first-order valence-corrected chi connectivity index (χ1v) is 13.2.